The molecule has 0 spiro atoms. The zero-order valence-electron chi connectivity index (χ0n) is 13.7. The number of rotatable bonds is 6. The summed E-state index contributed by atoms with van der Waals surface area (Å²) in [6, 6.07) is 12.8. The fourth-order valence-corrected chi connectivity index (χ4v) is 2.06. The van der Waals surface area contributed by atoms with Gasteiger partial charge in [0.15, 0.2) is 5.96 Å². The van der Waals surface area contributed by atoms with Crippen LogP contribution in [-0.2, 0) is 13.1 Å². The van der Waals surface area contributed by atoms with Gasteiger partial charge < -0.3 is 10.6 Å². The Bertz CT molecular complexity index is 723. The number of halogens is 2. The number of nitro groups is 1. The lowest BCUT2D eigenvalue weighted by Crippen LogP contribution is -2.37. The molecular weight excluding hydrogens is 438 g/mol. The number of nitro benzene ring substituents is 1. The van der Waals surface area contributed by atoms with Crippen LogP contribution in [0.3, 0.4) is 0 Å². The first-order chi connectivity index (χ1) is 11.6. The van der Waals surface area contributed by atoms with Crippen LogP contribution >= 0.6 is 24.0 Å². The molecule has 2 rings (SSSR count). The number of aliphatic imine (C=N–C) groups is 1. The van der Waals surface area contributed by atoms with Gasteiger partial charge in [-0.25, -0.2) is 9.38 Å². The van der Waals surface area contributed by atoms with Crippen molar-refractivity contribution in [3.63, 3.8) is 0 Å². The molecule has 2 aromatic carbocycles. The molecule has 25 heavy (non-hydrogen) atoms. The van der Waals surface area contributed by atoms with E-state index in [1.165, 1.54) is 18.2 Å². The van der Waals surface area contributed by atoms with E-state index in [0.29, 0.717) is 31.2 Å². The summed E-state index contributed by atoms with van der Waals surface area (Å²) < 4.78 is 13.6. The van der Waals surface area contributed by atoms with E-state index in [1.807, 2.05) is 6.92 Å². The average molecular weight is 458 g/mol. The number of nitrogens with one attached hydrogen (secondary N) is 2. The SMILES string of the molecule is CCNC(=NCc1ccc([N+](=O)[O-])cc1)NCc1ccccc1F.I. The average Bonchev–Trinajstić information content (AvgIpc) is 2.59. The van der Waals surface area contributed by atoms with Crippen LogP contribution in [0.1, 0.15) is 18.1 Å². The summed E-state index contributed by atoms with van der Waals surface area (Å²) in [6.07, 6.45) is 0. The number of non-ortho nitro benzene ring substituents is 1. The van der Waals surface area contributed by atoms with Gasteiger partial charge in [-0.1, -0.05) is 30.3 Å². The van der Waals surface area contributed by atoms with Gasteiger partial charge in [0.25, 0.3) is 5.69 Å². The minimum absolute atomic E-state index is 0. The fourth-order valence-electron chi connectivity index (χ4n) is 2.06. The summed E-state index contributed by atoms with van der Waals surface area (Å²) >= 11 is 0. The van der Waals surface area contributed by atoms with E-state index in [-0.39, 0.29) is 35.5 Å². The zero-order chi connectivity index (χ0) is 17.4. The summed E-state index contributed by atoms with van der Waals surface area (Å²) in [5.41, 5.74) is 1.45. The lowest BCUT2D eigenvalue weighted by Gasteiger charge is -2.11. The maximum absolute atomic E-state index is 13.6. The molecule has 0 radical (unpaired) electrons. The van der Waals surface area contributed by atoms with Crippen LogP contribution in [-0.4, -0.2) is 17.4 Å². The van der Waals surface area contributed by atoms with Gasteiger partial charge in [0.1, 0.15) is 5.82 Å². The van der Waals surface area contributed by atoms with Gasteiger partial charge in [0, 0.05) is 30.8 Å². The van der Waals surface area contributed by atoms with E-state index < -0.39 is 4.92 Å². The predicted octanol–water partition coefficient (Wildman–Crippen LogP) is 3.61. The van der Waals surface area contributed by atoms with Crippen LogP contribution in [0.4, 0.5) is 10.1 Å². The second-order valence-electron chi connectivity index (χ2n) is 5.06. The summed E-state index contributed by atoms with van der Waals surface area (Å²) in [4.78, 5) is 14.6. The number of nitrogens with zero attached hydrogens (tertiary/aromatic N) is 2. The highest BCUT2D eigenvalue weighted by Gasteiger charge is 2.05. The number of guanidine groups is 1. The third-order valence-electron chi connectivity index (χ3n) is 3.32. The van der Waals surface area contributed by atoms with Crippen molar-refractivity contribution in [2.45, 2.75) is 20.0 Å². The zero-order valence-corrected chi connectivity index (χ0v) is 16.1. The van der Waals surface area contributed by atoms with Crippen molar-refractivity contribution in [2.75, 3.05) is 6.54 Å². The van der Waals surface area contributed by atoms with Gasteiger partial charge in [-0.15, -0.1) is 24.0 Å². The fraction of sp³-hybridized carbons (Fsp3) is 0.235. The molecule has 0 aliphatic heterocycles. The van der Waals surface area contributed by atoms with E-state index in [9.17, 15) is 14.5 Å². The topological polar surface area (TPSA) is 79.6 Å². The summed E-state index contributed by atoms with van der Waals surface area (Å²) in [5.74, 6) is 0.287. The molecule has 2 N–H and O–H groups in total. The molecule has 8 heteroatoms. The number of hydrogen-bond acceptors (Lipinski definition) is 3. The van der Waals surface area contributed by atoms with Gasteiger partial charge in [-0.2, -0.15) is 0 Å². The molecule has 6 nitrogen and oxygen atoms in total. The minimum atomic E-state index is -0.437. The quantitative estimate of drug-likeness (QED) is 0.228. The first kappa shape index (κ1) is 20.8. The molecule has 0 amide bonds. The van der Waals surface area contributed by atoms with Crippen LogP contribution < -0.4 is 10.6 Å². The minimum Gasteiger partial charge on any atom is -0.357 e. The Kier molecular flexibility index (Phi) is 8.82. The third kappa shape index (κ3) is 6.65. The van der Waals surface area contributed by atoms with Crippen LogP contribution in [0.2, 0.25) is 0 Å². The van der Waals surface area contributed by atoms with Crippen molar-refractivity contribution in [1.29, 1.82) is 0 Å². The van der Waals surface area contributed by atoms with E-state index in [4.69, 9.17) is 0 Å². The van der Waals surface area contributed by atoms with Crippen molar-refractivity contribution in [1.82, 2.24) is 10.6 Å². The monoisotopic (exact) mass is 458 g/mol. The molecule has 0 bridgehead atoms. The van der Waals surface area contributed by atoms with Crippen molar-refractivity contribution >= 4 is 35.6 Å². The molecule has 134 valence electrons. The lowest BCUT2D eigenvalue weighted by molar-refractivity contribution is -0.384. The third-order valence-corrected chi connectivity index (χ3v) is 3.32. The highest BCUT2D eigenvalue weighted by atomic mass is 127. The molecule has 0 atom stereocenters. The lowest BCUT2D eigenvalue weighted by atomic mass is 10.2. The van der Waals surface area contributed by atoms with Crippen LogP contribution in [0.5, 0.6) is 0 Å². The normalized spacial score (nSPS) is 10.7. The molecule has 0 aromatic heterocycles. The first-order valence-electron chi connectivity index (χ1n) is 7.59. The maximum Gasteiger partial charge on any atom is 0.269 e. The second-order valence-corrected chi connectivity index (χ2v) is 5.06. The van der Waals surface area contributed by atoms with Gasteiger partial charge in [-0.3, -0.25) is 10.1 Å². The number of hydrogen-bond donors (Lipinski definition) is 2. The Balaban J connectivity index is 0.00000312. The summed E-state index contributed by atoms with van der Waals surface area (Å²) in [5, 5.41) is 16.8. The van der Waals surface area contributed by atoms with E-state index in [1.54, 1.807) is 30.3 Å². The molecule has 0 aliphatic rings. The highest BCUT2D eigenvalue weighted by molar-refractivity contribution is 14.0. The Hall–Kier alpha value is -2.23. The Morgan fingerprint density at radius 1 is 1.16 bits per heavy atom. The largest absolute Gasteiger partial charge is 0.357 e. The van der Waals surface area contributed by atoms with Gasteiger partial charge >= 0.3 is 0 Å². The molecule has 0 saturated heterocycles. The van der Waals surface area contributed by atoms with Crippen LogP contribution in [0.25, 0.3) is 0 Å². The molecule has 2 aromatic rings. The molecule has 0 unspecified atom stereocenters. The second kappa shape index (κ2) is 10.6. The van der Waals surface area contributed by atoms with E-state index in [2.05, 4.69) is 15.6 Å². The summed E-state index contributed by atoms with van der Waals surface area (Å²) in [6.45, 7) is 3.29. The standard InChI is InChI=1S/C17H19FN4O2.HI/c1-2-19-17(21-12-14-5-3-4-6-16(14)18)20-11-13-7-9-15(10-8-13)22(23)24;/h3-10H,2,11-12H2,1H3,(H2,19,20,21);1H. The van der Waals surface area contributed by atoms with E-state index in [0.717, 1.165) is 5.56 Å². The van der Waals surface area contributed by atoms with Crippen LogP contribution in [0.15, 0.2) is 53.5 Å². The Morgan fingerprint density at radius 3 is 2.44 bits per heavy atom. The van der Waals surface area contributed by atoms with Crippen molar-refractivity contribution in [2.24, 2.45) is 4.99 Å². The highest BCUT2D eigenvalue weighted by Crippen LogP contribution is 2.12. The van der Waals surface area contributed by atoms with Gasteiger partial charge in [0.05, 0.1) is 11.5 Å². The first-order valence-corrected chi connectivity index (χ1v) is 7.59. The van der Waals surface area contributed by atoms with E-state index >= 15 is 0 Å². The molecule has 0 aliphatic carbocycles. The Labute approximate surface area is 162 Å². The van der Waals surface area contributed by atoms with Crippen molar-refractivity contribution in [3.8, 4) is 0 Å². The number of benzene rings is 2. The maximum atomic E-state index is 13.6. The van der Waals surface area contributed by atoms with Crippen molar-refractivity contribution in [3.05, 3.63) is 75.6 Å². The smallest absolute Gasteiger partial charge is 0.269 e. The summed E-state index contributed by atoms with van der Waals surface area (Å²) in [7, 11) is 0. The van der Waals surface area contributed by atoms with Crippen LogP contribution in [0, 0.1) is 15.9 Å². The molecular formula is C17H20FIN4O2. The van der Waals surface area contributed by atoms with Gasteiger partial charge in [-0.05, 0) is 18.6 Å². The molecule has 0 heterocycles. The molecule has 0 fully saturated rings. The molecule has 0 saturated carbocycles. The Morgan fingerprint density at radius 2 is 1.84 bits per heavy atom. The van der Waals surface area contributed by atoms with Gasteiger partial charge in [0.2, 0.25) is 0 Å². The predicted molar refractivity (Wildman–Crippen MR) is 107 cm³/mol. The van der Waals surface area contributed by atoms with Crippen molar-refractivity contribution < 1.29 is 9.31 Å².